The number of carbonyl (C=O) groups is 1. The Morgan fingerprint density at radius 3 is 2.44 bits per heavy atom. The Hall–Kier alpha value is -2.11. The normalized spacial score (nSPS) is 11.7. The van der Waals surface area contributed by atoms with Gasteiger partial charge in [0.2, 0.25) is 0 Å². The number of nitrogens with one attached hydrogen (secondary N) is 1. The molecule has 2 amide bonds. The zero-order valence-electron chi connectivity index (χ0n) is 10.7. The van der Waals surface area contributed by atoms with E-state index in [9.17, 15) is 14.9 Å². The fourth-order valence-corrected chi connectivity index (χ4v) is 1.35. The molecule has 6 heteroatoms. The summed E-state index contributed by atoms with van der Waals surface area (Å²) in [6, 6.07) is 5.67. The van der Waals surface area contributed by atoms with Crippen LogP contribution in [0.5, 0.6) is 0 Å². The third-order valence-electron chi connectivity index (χ3n) is 2.90. The number of nitrogens with zero attached hydrogens (tertiary/aromatic N) is 2. The molecule has 0 heterocycles. The van der Waals surface area contributed by atoms with Crippen molar-refractivity contribution in [2.75, 3.05) is 12.4 Å². The van der Waals surface area contributed by atoms with Crippen molar-refractivity contribution in [1.82, 2.24) is 4.90 Å². The van der Waals surface area contributed by atoms with Crippen LogP contribution in [0.25, 0.3) is 0 Å². The molecule has 1 rings (SSSR count). The Bertz CT molecular complexity index is 431. The SMILES string of the molecule is CC[C@@H](C)N(C)C(=O)Nc1ccc([N+](=O)[O-])cc1. The molecule has 0 saturated heterocycles. The van der Waals surface area contributed by atoms with Gasteiger partial charge in [0.25, 0.3) is 5.69 Å². The van der Waals surface area contributed by atoms with Gasteiger partial charge in [-0.1, -0.05) is 6.92 Å². The van der Waals surface area contributed by atoms with E-state index in [1.54, 1.807) is 11.9 Å². The van der Waals surface area contributed by atoms with Gasteiger partial charge in [-0.15, -0.1) is 0 Å². The summed E-state index contributed by atoms with van der Waals surface area (Å²) in [5.74, 6) is 0. The number of rotatable bonds is 4. The molecule has 6 nitrogen and oxygen atoms in total. The van der Waals surface area contributed by atoms with Gasteiger partial charge in [-0.05, 0) is 25.5 Å². The van der Waals surface area contributed by atoms with E-state index in [1.807, 2.05) is 13.8 Å². The molecule has 98 valence electrons. The van der Waals surface area contributed by atoms with E-state index in [1.165, 1.54) is 24.3 Å². The molecule has 0 aliphatic heterocycles. The number of benzene rings is 1. The van der Waals surface area contributed by atoms with Gasteiger partial charge in [0, 0.05) is 30.9 Å². The minimum atomic E-state index is -0.475. The van der Waals surface area contributed by atoms with Crippen molar-refractivity contribution in [3.05, 3.63) is 34.4 Å². The maximum Gasteiger partial charge on any atom is 0.321 e. The summed E-state index contributed by atoms with van der Waals surface area (Å²) in [7, 11) is 1.72. The lowest BCUT2D eigenvalue weighted by atomic mass is 10.2. The zero-order chi connectivity index (χ0) is 13.7. The zero-order valence-corrected chi connectivity index (χ0v) is 10.7. The number of hydrogen-bond acceptors (Lipinski definition) is 3. The Kier molecular flexibility index (Phi) is 4.65. The van der Waals surface area contributed by atoms with Crippen LogP contribution in [-0.4, -0.2) is 28.9 Å². The predicted molar refractivity (Wildman–Crippen MR) is 69.6 cm³/mol. The molecule has 1 aromatic rings. The first-order valence-corrected chi connectivity index (χ1v) is 5.74. The van der Waals surface area contributed by atoms with Crippen LogP contribution in [-0.2, 0) is 0 Å². The van der Waals surface area contributed by atoms with Crippen LogP contribution in [0.3, 0.4) is 0 Å². The molecule has 18 heavy (non-hydrogen) atoms. The number of nitro groups is 1. The molecule has 0 aromatic heterocycles. The quantitative estimate of drug-likeness (QED) is 0.660. The van der Waals surface area contributed by atoms with Gasteiger partial charge in [0.15, 0.2) is 0 Å². The summed E-state index contributed by atoms with van der Waals surface area (Å²) < 4.78 is 0. The van der Waals surface area contributed by atoms with E-state index in [2.05, 4.69) is 5.32 Å². The molecule has 0 unspecified atom stereocenters. The number of anilines is 1. The van der Waals surface area contributed by atoms with Gasteiger partial charge in [-0.2, -0.15) is 0 Å². The Labute approximate surface area is 106 Å². The van der Waals surface area contributed by atoms with E-state index in [0.29, 0.717) is 5.69 Å². The van der Waals surface area contributed by atoms with Gasteiger partial charge in [-0.3, -0.25) is 10.1 Å². The molecule has 0 radical (unpaired) electrons. The molecule has 0 aliphatic carbocycles. The smallest absolute Gasteiger partial charge is 0.321 e. The summed E-state index contributed by atoms with van der Waals surface area (Å²) >= 11 is 0. The largest absolute Gasteiger partial charge is 0.325 e. The average Bonchev–Trinajstić information content (AvgIpc) is 2.37. The van der Waals surface area contributed by atoms with Crippen LogP contribution in [0, 0.1) is 10.1 Å². The number of nitro benzene ring substituents is 1. The first-order chi connectivity index (χ1) is 8.45. The molecule has 1 aromatic carbocycles. The topological polar surface area (TPSA) is 75.5 Å². The highest BCUT2D eigenvalue weighted by Crippen LogP contribution is 2.16. The van der Waals surface area contributed by atoms with Gasteiger partial charge in [0.05, 0.1) is 4.92 Å². The van der Waals surface area contributed by atoms with Crippen molar-refractivity contribution in [2.24, 2.45) is 0 Å². The van der Waals surface area contributed by atoms with Crippen molar-refractivity contribution in [3.8, 4) is 0 Å². The maximum atomic E-state index is 11.8. The second-order valence-corrected chi connectivity index (χ2v) is 4.10. The van der Waals surface area contributed by atoms with E-state index in [4.69, 9.17) is 0 Å². The minimum Gasteiger partial charge on any atom is -0.325 e. The van der Waals surface area contributed by atoms with Crippen LogP contribution in [0.2, 0.25) is 0 Å². The molecule has 0 saturated carbocycles. The lowest BCUT2D eigenvalue weighted by Gasteiger charge is -2.24. The lowest BCUT2D eigenvalue weighted by Crippen LogP contribution is -2.37. The molecule has 1 atom stereocenters. The van der Waals surface area contributed by atoms with Crippen molar-refractivity contribution in [1.29, 1.82) is 0 Å². The molecular formula is C12H17N3O3. The fraction of sp³-hybridized carbons (Fsp3) is 0.417. The van der Waals surface area contributed by atoms with Crippen LogP contribution in [0.1, 0.15) is 20.3 Å². The molecule has 0 spiro atoms. The van der Waals surface area contributed by atoms with Crippen molar-refractivity contribution in [2.45, 2.75) is 26.3 Å². The van der Waals surface area contributed by atoms with Crippen LogP contribution < -0.4 is 5.32 Å². The summed E-state index contributed by atoms with van der Waals surface area (Å²) in [6.45, 7) is 3.95. The lowest BCUT2D eigenvalue weighted by molar-refractivity contribution is -0.384. The van der Waals surface area contributed by atoms with Crippen LogP contribution in [0.15, 0.2) is 24.3 Å². The van der Waals surface area contributed by atoms with Crippen LogP contribution >= 0.6 is 0 Å². The molecular weight excluding hydrogens is 234 g/mol. The number of non-ortho nitro benzene ring substituents is 1. The van der Waals surface area contributed by atoms with Gasteiger partial charge >= 0.3 is 6.03 Å². The molecule has 0 bridgehead atoms. The summed E-state index contributed by atoms with van der Waals surface area (Å²) in [6.07, 6.45) is 0.865. The van der Waals surface area contributed by atoms with Crippen molar-refractivity contribution >= 4 is 17.4 Å². The summed E-state index contributed by atoms with van der Waals surface area (Å²) in [5, 5.41) is 13.2. The Morgan fingerprint density at radius 1 is 1.44 bits per heavy atom. The van der Waals surface area contributed by atoms with E-state index in [-0.39, 0.29) is 17.8 Å². The highest BCUT2D eigenvalue weighted by molar-refractivity contribution is 5.89. The maximum absolute atomic E-state index is 11.8. The van der Waals surface area contributed by atoms with Crippen LogP contribution in [0.4, 0.5) is 16.2 Å². The Morgan fingerprint density at radius 2 is 2.00 bits per heavy atom. The highest BCUT2D eigenvalue weighted by atomic mass is 16.6. The number of urea groups is 1. The monoisotopic (exact) mass is 251 g/mol. The third-order valence-corrected chi connectivity index (χ3v) is 2.90. The van der Waals surface area contributed by atoms with Gasteiger partial charge in [0.1, 0.15) is 0 Å². The average molecular weight is 251 g/mol. The molecule has 0 fully saturated rings. The van der Waals surface area contributed by atoms with Gasteiger partial charge < -0.3 is 10.2 Å². The van der Waals surface area contributed by atoms with E-state index >= 15 is 0 Å². The highest BCUT2D eigenvalue weighted by Gasteiger charge is 2.14. The first-order valence-electron chi connectivity index (χ1n) is 5.74. The Balaban J connectivity index is 2.67. The minimum absolute atomic E-state index is 0.00304. The van der Waals surface area contributed by atoms with Crippen molar-refractivity contribution < 1.29 is 9.72 Å². The number of amides is 2. The summed E-state index contributed by atoms with van der Waals surface area (Å²) in [5.41, 5.74) is 0.545. The fourth-order valence-electron chi connectivity index (χ4n) is 1.35. The molecule has 0 aliphatic rings. The third kappa shape index (κ3) is 3.44. The summed E-state index contributed by atoms with van der Waals surface area (Å²) in [4.78, 5) is 23.4. The van der Waals surface area contributed by atoms with E-state index < -0.39 is 4.92 Å². The first kappa shape index (κ1) is 14.0. The van der Waals surface area contributed by atoms with Crippen molar-refractivity contribution in [3.63, 3.8) is 0 Å². The predicted octanol–water partition coefficient (Wildman–Crippen LogP) is 2.86. The second kappa shape index (κ2) is 6.00. The van der Waals surface area contributed by atoms with E-state index in [0.717, 1.165) is 6.42 Å². The molecule has 1 N–H and O–H groups in total. The second-order valence-electron chi connectivity index (χ2n) is 4.10. The standard InChI is InChI=1S/C12H17N3O3/c1-4-9(2)14(3)12(16)13-10-5-7-11(8-6-10)15(17)18/h5-9H,4H2,1-3H3,(H,13,16)/t9-/m1/s1. The van der Waals surface area contributed by atoms with Gasteiger partial charge in [-0.25, -0.2) is 4.79 Å². The number of carbonyl (C=O) groups excluding carboxylic acids is 1. The number of hydrogen-bond donors (Lipinski definition) is 1.